The molecule has 1 heterocycles. The van der Waals surface area contributed by atoms with E-state index in [-0.39, 0.29) is 0 Å². The standard InChI is InChI=1S/C9H16N/c1-2-4-9-7-10-6-5-8(9)3-1/h9-10H,1-7H2. The second-order valence-corrected chi connectivity index (χ2v) is 3.56. The molecule has 2 rings (SSSR count). The highest BCUT2D eigenvalue weighted by Gasteiger charge is 2.27. The van der Waals surface area contributed by atoms with Gasteiger partial charge in [-0.2, -0.15) is 0 Å². The maximum atomic E-state index is 3.46. The molecule has 1 N–H and O–H groups in total. The molecule has 0 aromatic rings. The van der Waals surface area contributed by atoms with Crippen LogP contribution in [0.3, 0.4) is 0 Å². The third-order valence-electron chi connectivity index (χ3n) is 2.89. The van der Waals surface area contributed by atoms with Gasteiger partial charge in [-0.3, -0.25) is 0 Å². The quantitative estimate of drug-likeness (QED) is 0.537. The van der Waals surface area contributed by atoms with E-state index in [0.717, 1.165) is 5.92 Å². The zero-order valence-corrected chi connectivity index (χ0v) is 6.53. The lowest BCUT2D eigenvalue weighted by Gasteiger charge is -2.35. The van der Waals surface area contributed by atoms with E-state index < -0.39 is 0 Å². The first kappa shape index (κ1) is 6.66. The molecular weight excluding hydrogens is 122 g/mol. The SMILES string of the molecule is C1CCC2CNCC[C]2C1. The van der Waals surface area contributed by atoms with Crippen molar-refractivity contribution in [3.05, 3.63) is 5.92 Å². The molecule has 1 heteroatoms. The Balaban J connectivity index is 1.93. The smallest absolute Gasteiger partial charge is 0.00150 e. The van der Waals surface area contributed by atoms with Crippen molar-refractivity contribution in [2.75, 3.05) is 13.1 Å². The molecule has 57 valence electrons. The van der Waals surface area contributed by atoms with Gasteiger partial charge in [-0.25, -0.2) is 0 Å². The first-order chi connectivity index (χ1) is 4.97. The van der Waals surface area contributed by atoms with Gasteiger partial charge < -0.3 is 5.32 Å². The highest BCUT2D eigenvalue weighted by molar-refractivity contribution is 5.02. The molecule has 1 nitrogen and oxygen atoms in total. The molecule has 0 bridgehead atoms. The van der Waals surface area contributed by atoms with Crippen molar-refractivity contribution in [2.45, 2.75) is 32.1 Å². The van der Waals surface area contributed by atoms with Crippen molar-refractivity contribution in [2.24, 2.45) is 5.92 Å². The minimum Gasteiger partial charge on any atom is -0.316 e. The van der Waals surface area contributed by atoms with E-state index in [1.54, 1.807) is 0 Å². The fraction of sp³-hybridized carbons (Fsp3) is 0.889. The molecule has 0 aromatic carbocycles. The Morgan fingerprint density at radius 3 is 3.10 bits per heavy atom. The van der Waals surface area contributed by atoms with Crippen LogP contribution in [0, 0.1) is 11.8 Å². The Morgan fingerprint density at radius 2 is 2.20 bits per heavy atom. The van der Waals surface area contributed by atoms with Crippen LogP contribution in [0.1, 0.15) is 32.1 Å². The van der Waals surface area contributed by atoms with E-state index >= 15 is 0 Å². The Morgan fingerprint density at radius 1 is 1.20 bits per heavy atom. The molecular formula is C9H16N. The minimum atomic E-state index is 0.961. The normalized spacial score (nSPS) is 35.4. The van der Waals surface area contributed by atoms with E-state index in [4.69, 9.17) is 0 Å². The summed E-state index contributed by atoms with van der Waals surface area (Å²) in [5, 5.41) is 3.46. The number of hydrogen-bond acceptors (Lipinski definition) is 1. The predicted octanol–water partition coefficient (Wildman–Crippen LogP) is 1.74. The number of hydrogen-bond donors (Lipinski definition) is 1. The van der Waals surface area contributed by atoms with Gasteiger partial charge in [0, 0.05) is 0 Å². The van der Waals surface area contributed by atoms with Crippen molar-refractivity contribution >= 4 is 0 Å². The molecule has 0 aromatic heterocycles. The predicted molar refractivity (Wildman–Crippen MR) is 42.7 cm³/mol. The molecule has 2 fully saturated rings. The summed E-state index contributed by atoms with van der Waals surface area (Å²) in [6, 6.07) is 0. The van der Waals surface area contributed by atoms with Crippen LogP contribution in [-0.2, 0) is 0 Å². The van der Waals surface area contributed by atoms with Gasteiger partial charge >= 0.3 is 0 Å². The average molecular weight is 138 g/mol. The fourth-order valence-electron chi connectivity index (χ4n) is 2.25. The largest absolute Gasteiger partial charge is 0.316 e. The van der Waals surface area contributed by atoms with Crippen molar-refractivity contribution in [3.8, 4) is 0 Å². The summed E-state index contributed by atoms with van der Waals surface area (Å²) in [5.41, 5.74) is 0. The summed E-state index contributed by atoms with van der Waals surface area (Å²) < 4.78 is 0. The Bertz CT molecular complexity index is 85.3. The molecule has 2 aliphatic rings. The Kier molecular flexibility index (Phi) is 1.94. The number of nitrogens with one attached hydrogen (secondary N) is 1. The molecule has 1 saturated heterocycles. The topological polar surface area (TPSA) is 12.0 Å². The molecule has 1 radical (unpaired) electrons. The van der Waals surface area contributed by atoms with Crippen LogP contribution < -0.4 is 5.32 Å². The molecule has 1 aliphatic carbocycles. The third-order valence-corrected chi connectivity index (χ3v) is 2.89. The lowest BCUT2D eigenvalue weighted by Crippen LogP contribution is -2.36. The maximum absolute atomic E-state index is 3.46. The first-order valence-electron chi connectivity index (χ1n) is 4.52. The molecule has 1 unspecified atom stereocenters. The summed E-state index contributed by atoms with van der Waals surface area (Å²) >= 11 is 0. The summed E-state index contributed by atoms with van der Waals surface area (Å²) in [4.78, 5) is 0. The van der Waals surface area contributed by atoms with Gasteiger partial charge in [0.25, 0.3) is 0 Å². The number of fused-ring (bicyclic) bond motifs is 1. The lowest BCUT2D eigenvalue weighted by molar-refractivity contribution is 0.321. The van der Waals surface area contributed by atoms with Crippen molar-refractivity contribution in [3.63, 3.8) is 0 Å². The molecule has 1 aliphatic heterocycles. The van der Waals surface area contributed by atoms with Crippen molar-refractivity contribution in [1.82, 2.24) is 5.32 Å². The Hall–Kier alpha value is -0.0400. The molecule has 0 spiro atoms. The molecule has 0 amide bonds. The Labute approximate surface area is 63.2 Å². The van der Waals surface area contributed by atoms with Crippen LogP contribution in [0.25, 0.3) is 0 Å². The third kappa shape index (κ3) is 1.20. The first-order valence-corrected chi connectivity index (χ1v) is 4.52. The lowest BCUT2D eigenvalue weighted by atomic mass is 9.76. The van der Waals surface area contributed by atoms with Gasteiger partial charge in [-0.15, -0.1) is 0 Å². The van der Waals surface area contributed by atoms with Gasteiger partial charge in [0.05, 0.1) is 0 Å². The summed E-state index contributed by atoms with van der Waals surface area (Å²) in [6.07, 6.45) is 7.20. The van der Waals surface area contributed by atoms with Crippen LogP contribution >= 0.6 is 0 Å². The second kappa shape index (κ2) is 2.91. The second-order valence-electron chi connectivity index (χ2n) is 3.56. The minimum absolute atomic E-state index is 0.961. The van der Waals surface area contributed by atoms with Crippen molar-refractivity contribution in [1.29, 1.82) is 0 Å². The van der Waals surface area contributed by atoms with Gasteiger partial charge in [-0.05, 0) is 44.2 Å². The van der Waals surface area contributed by atoms with Crippen molar-refractivity contribution < 1.29 is 0 Å². The highest BCUT2D eigenvalue weighted by atomic mass is 14.9. The monoisotopic (exact) mass is 138 g/mol. The van der Waals surface area contributed by atoms with Gasteiger partial charge in [0.2, 0.25) is 0 Å². The zero-order chi connectivity index (χ0) is 6.81. The molecule has 10 heavy (non-hydrogen) atoms. The molecule has 1 saturated carbocycles. The number of rotatable bonds is 0. The van der Waals surface area contributed by atoms with Crippen LogP contribution in [0.2, 0.25) is 0 Å². The van der Waals surface area contributed by atoms with Gasteiger partial charge in [0.15, 0.2) is 0 Å². The van der Waals surface area contributed by atoms with Crippen LogP contribution in [0.4, 0.5) is 0 Å². The summed E-state index contributed by atoms with van der Waals surface area (Å²) in [7, 11) is 0. The van der Waals surface area contributed by atoms with E-state index in [2.05, 4.69) is 5.32 Å². The fourth-order valence-corrected chi connectivity index (χ4v) is 2.25. The molecule has 1 atom stereocenters. The van der Waals surface area contributed by atoms with Crippen LogP contribution in [-0.4, -0.2) is 13.1 Å². The van der Waals surface area contributed by atoms with Gasteiger partial charge in [0.1, 0.15) is 0 Å². The zero-order valence-electron chi connectivity index (χ0n) is 6.53. The average Bonchev–Trinajstić information content (AvgIpc) is 2.05. The van der Waals surface area contributed by atoms with Crippen LogP contribution in [0.15, 0.2) is 0 Å². The number of piperidine rings is 1. The summed E-state index contributed by atoms with van der Waals surface area (Å²) in [6.45, 7) is 2.52. The van der Waals surface area contributed by atoms with Crippen LogP contribution in [0.5, 0.6) is 0 Å². The maximum Gasteiger partial charge on any atom is -0.00150 e. The van der Waals surface area contributed by atoms with E-state index in [1.165, 1.54) is 45.2 Å². The van der Waals surface area contributed by atoms with E-state index in [1.807, 2.05) is 5.92 Å². The summed E-state index contributed by atoms with van der Waals surface area (Å²) in [5.74, 6) is 2.83. The van der Waals surface area contributed by atoms with Gasteiger partial charge in [-0.1, -0.05) is 12.8 Å². The highest BCUT2D eigenvalue weighted by Crippen LogP contribution is 2.35. The van der Waals surface area contributed by atoms with E-state index in [0.29, 0.717) is 0 Å². The van der Waals surface area contributed by atoms with E-state index in [9.17, 15) is 0 Å².